The molecule has 11 heteroatoms. The Morgan fingerprint density at radius 1 is 1.14 bits per heavy atom. The standard InChI is InChI=1S/C18H22N4O4S.2ClH/c1-27(25,26)18(7-10-19-11-8-18)17(24)21-12-15(23)22-14-6-2-4-13-5-3-9-20-16(13)14;;/h2-6,9,19H,7-8,10-12H2,1H3,(H,21,24)(H,22,23);2*1H. The normalized spacial score (nSPS) is 15.5. The number of amides is 2. The molecule has 0 unspecified atom stereocenters. The number of hydrogen-bond acceptors (Lipinski definition) is 6. The second kappa shape index (κ2) is 10.2. The molecule has 2 amide bonds. The van der Waals surface area contributed by atoms with Gasteiger partial charge in [0.25, 0.3) is 0 Å². The molecule has 2 heterocycles. The summed E-state index contributed by atoms with van der Waals surface area (Å²) in [5, 5.41) is 9.14. The first-order chi connectivity index (χ1) is 12.8. The average Bonchev–Trinajstić information content (AvgIpc) is 2.66. The van der Waals surface area contributed by atoms with Gasteiger partial charge >= 0.3 is 0 Å². The van der Waals surface area contributed by atoms with Gasteiger partial charge in [-0.2, -0.15) is 0 Å². The van der Waals surface area contributed by atoms with Crippen molar-refractivity contribution in [3.05, 3.63) is 36.5 Å². The third kappa shape index (κ3) is 5.36. The molecule has 3 rings (SSSR count). The molecular weight excluding hydrogens is 439 g/mol. The molecule has 0 saturated carbocycles. The number of halogens is 2. The van der Waals surface area contributed by atoms with Gasteiger partial charge in [-0.05, 0) is 38.1 Å². The van der Waals surface area contributed by atoms with Gasteiger partial charge in [-0.1, -0.05) is 18.2 Å². The van der Waals surface area contributed by atoms with E-state index in [2.05, 4.69) is 20.9 Å². The van der Waals surface area contributed by atoms with Gasteiger partial charge in [-0.25, -0.2) is 8.42 Å². The molecule has 29 heavy (non-hydrogen) atoms. The number of pyridine rings is 1. The van der Waals surface area contributed by atoms with Crippen LogP contribution in [-0.4, -0.2) is 55.9 Å². The number of nitrogens with one attached hydrogen (secondary N) is 3. The minimum absolute atomic E-state index is 0. The maximum absolute atomic E-state index is 12.6. The predicted octanol–water partition coefficient (Wildman–Crippen LogP) is 1.30. The largest absolute Gasteiger partial charge is 0.346 e. The van der Waals surface area contributed by atoms with Gasteiger partial charge in [0.15, 0.2) is 14.6 Å². The Kier molecular flexibility index (Phi) is 8.83. The third-order valence-corrected chi connectivity index (χ3v) is 6.86. The van der Waals surface area contributed by atoms with Gasteiger partial charge in [0.05, 0.1) is 17.7 Å². The van der Waals surface area contributed by atoms with E-state index in [-0.39, 0.29) is 44.2 Å². The lowest BCUT2D eigenvalue weighted by molar-refractivity contribution is -0.126. The van der Waals surface area contributed by atoms with Crippen molar-refractivity contribution in [3.8, 4) is 0 Å². The fraction of sp³-hybridized carbons (Fsp3) is 0.389. The van der Waals surface area contributed by atoms with Crippen molar-refractivity contribution >= 4 is 63.1 Å². The lowest BCUT2D eigenvalue weighted by atomic mass is 9.96. The van der Waals surface area contributed by atoms with Crippen LogP contribution in [0.5, 0.6) is 0 Å². The molecule has 1 aromatic carbocycles. The van der Waals surface area contributed by atoms with E-state index in [1.165, 1.54) is 0 Å². The van der Waals surface area contributed by atoms with E-state index in [1.807, 2.05) is 12.1 Å². The quantitative estimate of drug-likeness (QED) is 0.616. The topological polar surface area (TPSA) is 117 Å². The Hall–Kier alpha value is -1.94. The Morgan fingerprint density at radius 3 is 2.45 bits per heavy atom. The SMILES string of the molecule is CS(=O)(=O)C1(C(=O)NCC(=O)Nc2cccc3cccnc23)CCNCC1.Cl.Cl. The van der Waals surface area contributed by atoms with Gasteiger partial charge in [-0.3, -0.25) is 14.6 Å². The summed E-state index contributed by atoms with van der Waals surface area (Å²) < 4.78 is 23.0. The zero-order valence-electron chi connectivity index (χ0n) is 15.8. The minimum Gasteiger partial charge on any atom is -0.346 e. The zero-order valence-corrected chi connectivity index (χ0v) is 18.3. The first-order valence-electron chi connectivity index (χ1n) is 8.66. The number of carbonyl (C=O) groups excluding carboxylic acids is 2. The van der Waals surface area contributed by atoms with Crippen LogP contribution >= 0.6 is 24.8 Å². The highest BCUT2D eigenvalue weighted by molar-refractivity contribution is 7.92. The van der Waals surface area contributed by atoms with Crippen molar-refractivity contribution in [3.63, 3.8) is 0 Å². The number of para-hydroxylation sites is 1. The van der Waals surface area contributed by atoms with Crippen molar-refractivity contribution < 1.29 is 18.0 Å². The van der Waals surface area contributed by atoms with Gasteiger partial charge < -0.3 is 16.0 Å². The number of carbonyl (C=O) groups is 2. The van der Waals surface area contributed by atoms with Crippen LogP contribution in [-0.2, 0) is 19.4 Å². The molecule has 3 N–H and O–H groups in total. The molecule has 160 valence electrons. The number of fused-ring (bicyclic) bond motifs is 1. The highest BCUT2D eigenvalue weighted by Crippen LogP contribution is 2.28. The van der Waals surface area contributed by atoms with E-state index >= 15 is 0 Å². The molecule has 1 aliphatic heterocycles. The predicted molar refractivity (Wildman–Crippen MR) is 118 cm³/mol. The Bertz CT molecular complexity index is 973. The third-order valence-electron chi connectivity index (χ3n) is 4.85. The lowest BCUT2D eigenvalue weighted by Gasteiger charge is -2.34. The smallest absolute Gasteiger partial charge is 0.243 e. The zero-order chi connectivity index (χ0) is 19.5. The maximum Gasteiger partial charge on any atom is 0.243 e. The second-order valence-corrected chi connectivity index (χ2v) is 8.95. The molecule has 1 saturated heterocycles. The fourth-order valence-electron chi connectivity index (χ4n) is 3.32. The minimum atomic E-state index is -3.62. The van der Waals surface area contributed by atoms with Crippen molar-refractivity contribution in [2.75, 3.05) is 31.2 Å². The van der Waals surface area contributed by atoms with E-state index in [0.29, 0.717) is 24.3 Å². The number of aromatic nitrogens is 1. The van der Waals surface area contributed by atoms with E-state index in [1.54, 1.807) is 24.4 Å². The second-order valence-electron chi connectivity index (χ2n) is 6.63. The highest BCUT2D eigenvalue weighted by Gasteiger charge is 2.48. The van der Waals surface area contributed by atoms with Gasteiger partial charge in [0, 0.05) is 17.8 Å². The van der Waals surface area contributed by atoms with E-state index in [9.17, 15) is 18.0 Å². The summed E-state index contributed by atoms with van der Waals surface area (Å²) in [7, 11) is -3.62. The number of anilines is 1. The number of benzene rings is 1. The van der Waals surface area contributed by atoms with Crippen molar-refractivity contribution in [1.29, 1.82) is 0 Å². The summed E-state index contributed by atoms with van der Waals surface area (Å²) in [5.74, 6) is -1.07. The Balaban J connectivity index is 0.00000210. The van der Waals surface area contributed by atoms with E-state index in [4.69, 9.17) is 0 Å². The maximum atomic E-state index is 12.6. The van der Waals surface area contributed by atoms with Crippen molar-refractivity contribution in [1.82, 2.24) is 15.6 Å². The summed E-state index contributed by atoms with van der Waals surface area (Å²) in [6.45, 7) is 0.565. The van der Waals surface area contributed by atoms with Crippen LogP contribution in [0.4, 0.5) is 5.69 Å². The monoisotopic (exact) mass is 462 g/mol. The Labute approximate surface area is 182 Å². The summed E-state index contributed by atoms with van der Waals surface area (Å²) in [5.41, 5.74) is 1.18. The van der Waals surface area contributed by atoms with Crippen LogP contribution in [0.25, 0.3) is 10.9 Å². The van der Waals surface area contributed by atoms with E-state index in [0.717, 1.165) is 11.6 Å². The summed E-state index contributed by atoms with van der Waals surface area (Å²) in [6, 6.07) is 9.09. The summed E-state index contributed by atoms with van der Waals surface area (Å²) in [4.78, 5) is 29.2. The highest BCUT2D eigenvalue weighted by atomic mass is 35.5. The summed E-state index contributed by atoms with van der Waals surface area (Å²) in [6.07, 6.45) is 3.07. The molecule has 0 bridgehead atoms. The van der Waals surface area contributed by atoms with Crippen LogP contribution in [0.2, 0.25) is 0 Å². The van der Waals surface area contributed by atoms with Gasteiger partial charge in [0.2, 0.25) is 11.8 Å². The molecular formula is C18H24Cl2N4O4S. The molecule has 1 aromatic heterocycles. The molecule has 0 aliphatic carbocycles. The lowest BCUT2D eigenvalue weighted by Crippen LogP contribution is -2.58. The van der Waals surface area contributed by atoms with Crippen molar-refractivity contribution in [2.45, 2.75) is 17.6 Å². The number of sulfone groups is 1. The number of piperidine rings is 1. The van der Waals surface area contributed by atoms with Gasteiger partial charge in [0.1, 0.15) is 0 Å². The molecule has 1 aliphatic rings. The molecule has 0 radical (unpaired) electrons. The van der Waals surface area contributed by atoms with Crippen LogP contribution in [0, 0.1) is 0 Å². The van der Waals surface area contributed by atoms with Crippen molar-refractivity contribution in [2.24, 2.45) is 0 Å². The average molecular weight is 463 g/mol. The molecule has 2 aromatic rings. The first-order valence-corrected chi connectivity index (χ1v) is 10.5. The number of hydrogen-bond donors (Lipinski definition) is 3. The van der Waals surface area contributed by atoms with E-state index < -0.39 is 26.4 Å². The molecule has 8 nitrogen and oxygen atoms in total. The number of rotatable bonds is 5. The van der Waals surface area contributed by atoms with Gasteiger partial charge in [-0.15, -0.1) is 24.8 Å². The summed E-state index contributed by atoms with van der Waals surface area (Å²) >= 11 is 0. The van der Waals surface area contributed by atoms with Crippen LogP contribution in [0.15, 0.2) is 36.5 Å². The molecule has 0 atom stereocenters. The molecule has 1 fully saturated rings. The first kappa shape index (κ1) is 25.1. The van der Waals surface area contributed by atoms with Crippen LogP contribution in [0.3, 0.4) is 0 Å². The number of nitrogens with zero attached hydrogens (tertiary/aromatic N) is 1. The van der Waals surface area contributed by atoms with Crippen LogP contribution in [0.1, 0.15) is 12.8 Å². The Morgan fingerprint density at radius 2 is 1.79 bits per heavy atom. The molecule has 0 spiro atoms. The van der Waals surface area contributed by atoms with Crippen LogP contribution < -0.4 is 16.0 Å². The fourth-order valence-corrected chi connectivity index (χ4v) is 4.67.